The number of aromatic nitrogens is 1. The Kier molecular flexibility index (Phi) is 5.41. The summed E-state index contributed by atoms with van der Waals surface area (Å²) in [4.78, 5) is 9.19. The molecule has 0 atom stereocenters. The van der Waals surface area contributed by atoms with E-state index in [0.717, 1.165) is 69.5 Å². The Balaban J connectivity index is 1.80. The van der Waals surface area contributed by atoms with E-state index in [1.807, 2.05) is 13.8 Å². The molecule has 0 unspecified atom stereocenters. The quantitative estimate of drug-likeness (QED) is 0.869. The minimum absolute atomic E-state index is 0.529. The highest BCUT2D eigenvalue weighted by Gasteiger charge is 2.28. The lowest BCUT2D eigenvalue weighted by Gasteiger charge is -2.38. The van der Waals surface area contributed by atoms with Crippen LogP contribution in [0.15, 0.2) is 4.42 Å². The van der Waals surface area contributed by atoms with Gasteiger partial charge in [-0.25, -0.2) is 4.98 Å². The zero-order valence-corrected chi connectivity index (χ0v) is 13.9. The minimum Gasteiger partial charge on any atom is -0.444 e. The summed E-state index contributed by atoms with van der Waals surface area (Å²) in [6.07, 6.45) is 1.64. The third-order valence-electron chi connectivity index (χ3n) is 4.73. The van der Waals surface area contributed by atoms with Gasteiger partial charge in [0.05, 0.1) is 17.8 Å². The Bertz CT molecular complexity index is 427. The third kappa shape index (κ3) is 4.28. The van der Waals surface area contributed by atoms with Gasteiger partial charge in [0, 0.05) is 32.7 Å². The van der Waals surface area contributed by atoms with E-state index in [2.05, 4.69) is 28.6 Å². The summed E-state index contributed by atoms with van der Waals surface area (Å²) < 4.78 is 5.65. The summed E-state index contributed by atoms with van der Waals surface area (Å²) in [5, 5.41) is 10.4. The van der Waals surface area contributed by atoms with Crippen LogP contribution in [0.2, 0.25) is 0 Å². The van der Waals surface area contributed by atoms with Crippen LogP contribution in [-0.2, 0) is 6.54 Å². The van der Waals surface area contributed by atoms with Crippen LogP contribution in [0.3, 0.4) is 0 Å². The number of aryl methyl sites for hydroxylation is 2. The van der Waals surface area contributed by atoms with Gasteiger partial charge in [-0.3, -0.25) is 9.80 Å². The van der Waals surface area contributed by atoms with Crippen LogP contribution in [0.4, 0.5) is 0 Å². The summed E-state index contributed by atoms with van der Waals surface area (Å²) in [5.41, 5.74) is 0.457. The predicted molar refractivity (Wildman–Crippen MR) is 83.2 cm³/mol. The molecule has 0 bridgehead atoms. The molecule has 120 valence electrons. The number of piperazine rings is 1. The average molecular weight is 295 g/mol. The summed E-state index contributed by atoms with van der Waals surface area (Å²) >= 11 is 0. The molecular formula is C16H29N3O2. The van der Waals surface area contributed by atoms with E-state index in [4.69, 9.17) is 4.42 Å². The van der Waals surface area contributed by atoms with Crippen molar-refractivity contribution in [2.45, 2.75) is 52.7 Å². The van der Waals surface area contributed by atoms with Crippen molar-refractivity contribution in [3.63, 3.8) is 0 Å². The molecule has 0 saturated carbocycles. The summed E-state index contributed by atoms with van der Waals surface area (Å²) in [6.45, 7) is 13.6. The van der Waals surface area contributed by atoms with Crippen molar-refractivity contribution >= 4 is 0 Å². The number of hydrogen-bond donors (Lipinski definition) is 1. The zero-order valence-electron chi connectivity index (χ0n) is 13.9. The average Bonchev–Trinajstić information content (AvgIpc) is 2.79. The smallest absolute Gasteiger partial charge is 0.208 e. The lowest BCUT2D eigenvalue weighted by molar-refractivity contribution is -0.0168. The van der Waals surface area contributed by atoms with E-state index in [9.17, 15) is 5.11 Å². The van der Waals surface area contributed by atoms with Crippen LogP contribution in [-0.4, -0.2) is 58.2 Å². The molecule has 2 rings (SSSR count). The number of rotatable bonds is 6. The predicted octanol–water partition coefficient (Wildman–Crippen LogP) is 1.96. The van der Waals surface area contributed by atoms with Crippen molar-refractivity contribution in [3.8, 4) is 0 Å². The Morgan fingerprint density at radius 3 is 2.14 bits per heavy atom. The molecule has 0 spiro atoms. The van der Waals surface area contributed by atoms with Crippen LogP contribution in [0.1, 0.15) is 44.0 Å². The molecular weight excluding hydrogens is 266 g/mol. The Morgan fingerprint density at radius 2 is 1.67 bits per heavy atom. The van der Waals surface area contributed by atoms with Crippen molar-refractivity contribution in [1.29, 1.82) is 0 Å². The molecule has 0 aromatic carbocycles. The number of aliphatic hydroxyl groups is 1. The molecule has 1 aromatic heterocycles. The van der Waals surface area contributed by atoms with Gasteiger partial charge in [-0.15, -0.1) is 0 Å². The lowest BCUT2D eigenvalue weighted by atomic mass is 9.96. The third-order valence-corrected chi connectivity index (χ3v) is 4.73. The van der Waals surface area contributed by atoms with E-state index in [-0.39, 0.29) is 0 Å². The highest BCUT2D eigenvalue weighted by Crippen LogP contribution is 2.18. The summed E-state index contributed by atoms with van der Waals surface area (Å²) in [6, 6.07) is 0. The van der Waals surface area contributed by atoms with E-state index >= 15 is 0 Å². The fourth-order valence-corrected chi connectivity index (χ4v) is 2.79. The number of oxazole rings is 1. The van der Waals surface area contributed by atoms with Crippen LogP contribution in [0.25, 0.3) is 0 Å². The molecule has 5 heteroatoms. The maximum atomic E-state index is 10.4. The van der Waals surface area contributed by atoms with Gasteiger partial charge in [0.25, 0.3) is 0 Å². The first-order valence-corrected chi connectivity index (χ1v) is 8.05. The van der Waals surface area contributed by atoms with Crippen molar-refractivity contribution in [1.82, 2.24) is 14.8 Å². The highest BCUT2D eigenvalue weighted by molar-refractivity contribution is 5.05. The van der Waals surface area contributed by atoms with Gasteiger partial charge in [-0.05, 0) is 26.7 Å². The van der Waals surface area contributed by atoms with Gasteiger partial charge in [-0.1, -0.05) is 13.8 Å². The Hall–Kier alpha value is -0.910. The fourth-order valence-electron chi connectivity index (χ4n) is 2.79. The molecule has 1 aliphatic rings. The van der Waals surface area contributed by atoms with E-state index in [1.54, 1.807) is 0 Å². The summed E-state index contributed by atoms with van der Waals surface area (Å²) in [5.74, 6) is 1.73. The standard InChI is InChI=1S/C16H29N3O2/c1-5-16(20,6-2)12-19-9-7-18(8-10-19)11-15-17-13(3)14(4)21-15/h20H,5-12H2,1-4H3. The maximum absolute atomic E-state index is 10.4. The van der Waals surface area contributed by atoms with E-state index in [0.29, 0.717) is 0 Å². The van der Waals surface area contributed by atoms with Crippen LogP contribution in [0, 0.1) is 13.8 Å². The van der Waals surface area contributed by atoms with Gasteiger partial charge in [0.1, 0.15) is 5.76 Å². The molecule has 1 fully saturated rings. The maximum Gasteiger partial charge on any atom is 0.208 e. The van der Waals surface area contributed by atoms with E-state index < -0.39 is 5.60 Å². The first-order chi connectivity index (χ1) is 9.95. The van der Waals surface area contributed by atoms with E-state index in [1.165, 1.54) is 0 Å². The van der Waals surface area contributed by atoms with Gasteiger partial charge >= 0.3 is 0 Å². The molecule has 1 N–H and O–H groups in total. The SMILES string of the molecule is CCC(O)(CC)CN1CCN(Cc2nc(C)c(C)o2)CC1. The molecule has 0 aliphatic carbocycles. The molecule has 1 saturated heterocycles. The monoisotopic (exact) mass is 295 g/mol. The minimum atomic E-state index is -0.529. The van der Waals surface area contributed by atoms with Crippen molar-refractivity contribution in [3.05, 3.63) is 17.3 Å². The molecule has 5 nitrogen and oxygen atoms in total. The first kappa shape index (κ1) is 16.5. The van der Waals surface area contributed by atoms with Gasteiger partial charge < -0.3 is 9.52 Å². The molecule has 0 radical (unpaired) electrons. The molecule has 0 amide bonds. The molecule has 2 heterocycles. The van der Waals surface area contributed by atoms with Crippen LogP contribution < -0.4 is 0 Å². The molecule has 1 aromatic rings. The second-order valence-corrected chi connectivity index (χ2v) is 6.23. The normalized spacial score (nSPS) is 18.3. The number of hydrogen-bond acceptors (Lipinski definition) is 5. The molecule has 1 aliphatic heterocycles. The number of nitrogens with zero attached hydrogens (tertiary/aromatic N) is 3. The summed E-state index contributed by atoms with van der Waals surface area (Å²) in [7, 11) is 0. The Morgan fingerprint density at radius 1 is 1.10 bits per heavy atom. The number of β-amino-alcohol motifs (C(OH)–C–C–N with tert-alkyl or cyclic N) is 1. The highest BCUT2D eigenvalue weighted by atomic mass is 16.4. The van der Waals surface area contributed by atoms with Gasteiger partial charge in [-0.2, -0.15) is 0 Å². The zero-order chi connectivity index (χ0) is 15.5. The molecule has 21 heavy (non-hydrogen) atoms. The fraction of sp³-hybridized carbons (Fsp3) is 0.812. The van der Waals surface area contributed by atoms with Crippen molar-refractivity contribution < 1.29 is 9.52 Å². The Labute approximate surface area is 127 Å². The van der Waals surface area contributed by atoms with Crippen LogP contribution in [0.5, 0.6) is 0 Å². The topological polar surface area (TPSA) is 52.7 Å². The largest absolute Gasteiger partial charge is 0.444 e. The van der Waals surface area contributed by atoms with Crippen molar-refractivity contribution in [2.24, 2.45) is 0 Å². The van der Waals surface area contributed by atoms with Crippen LogP contribution >= 0.6 is 0 Å². The second-order valence-electron chi connectivity index (χ2n) is 6.23. The first-order valence-electron chi connectivity index (χ1n) is 8.05. The lowest BCUT2D eigenvalue weighted by Crippen LogP contribution is -2.51. The van der Waals surface area contributed by atoms with Gasteiger partial charge in [0.2, 0.25) is 5.89 Å². The van der Waals surface area contributed by atoms with Gasteiger partial charge in [0.15, 0.2) is 0 Å². The van der Waals surface area contributed by atoms with Crippen molar-refractivity contribution in [2.75, 3.05) is 32.7 Å². The second kappa shape index (κ2) is 6.90.